The van der Waals surface area contributed by atoms with Crippen LogP contribution in [-0.4, -0.2) is 37.0 Å². The first-order valence-corrected chi connectivity index (χ1v) is 5.08. The van der Waals surface area contributed by atoms with Crippen LogP contribution in [0.4, 0.5) is 0 Å². The minimum Gasteiger partial charge on any atom is -0.309 e. The van der Waals surface area contributed by atoms with Gasteiger partial charge in [0.1, 0.15) is 0 Å². The first-order chi connectivity index (χ1) is 5.27. The Bertz CT molecular complexity index is 115. The Hall–Kier alpha value is -0.130. The normalized spacial score (nSPS) is 10.0. The van der Waals surface area contributed by atoms with E-state index < -0.39 is 0 Å². The molecule has 11 heavy (non-hydrogen) atoms. The van der Waals surface area contributed by atoms with Gasteiger partial charge in [0, 0.05) is 18.7 Å². The van der Waals surface area contributed by atoms with E-state index in [0.717, 1.165) is 12.8 Å². The second-order valence-electron chi connectivity index (χ2n) is 2.72. The van der Waals surface area contributed by atoms with Crippen LogP contribution >= 0.6 is 11.8 Å². The highest BCUT2D eigenvalue weighted by atomic mass is 32.2. The molecular weight excluding hydrogens is 154 g/mol. The van der Waals surface area contributed by atoms with Gasteiger partial charge in [-0.05, 0) is 26.3 Å². The van der Waals surface area contributed by atoms with Gasteiger partial charge in [0.2, 0.25) is 0 Å². The van der Waals surface area contributed by atoms with E-state index in [1.165, 1.54) is 18.1 Å². The van der Waals surface area contributed by atoms with Crippen LogP contribution in [0.1, 0.15) is 12.8 Å². The molecule has 0 radical (unpaired) electrons. The molecule has 0 saturated carbocycles. The summed E-state index contributed by atoms with van der Waals surface area (Å²) in [6, 6.07) is 0. The topological polar surface area (TPSA) is 3.24 Å². The maximum absolute atomic E-state index is 5.12. The molecule has 0 aromatic rings. The molecule has 0 aromatic heterocycles. The lowest BCUT2D eigenvalue weighted by Crippen LogP contribution is -2.14. The number of thioether (sulfide) groups is 1. The SMILES string of the molecule is C#CCCCSCCN(C)C. The van der Waals surface area contributed by atoms with Crippen molar-refractivity contribution in [3.8, 4) is 12.3 Å². The highest BCUT2D eigenvalue weighted by Gasteiger charge is 1.90. The summed E-state index contributed by atoms with van der Waals surface area (Å²) in [5.41, 5.74) is 0. The number of nitrogens with zero attached hydrogens (tertiary/aromatic N) is 1. The third-order valence-corrected chi connectivity index (χ3v) is 2.34. The van der Waals surface area contributed by atoms with Crippen molar-refractivity contribution < 1.29 is 0 Å². The highest BCUT2D eigenvalue weighted by Crippen LogP contribution is 2.03. The molecule has 1 nitrogen and oxygen atoms in total. The molecule has 0 bridgehead atoms. The molecule has 64 valence electrons. The standard InChI is InChI=1S/C9H17NS/c1-4-5-6-8-11-9-7-10(2)3/h1H,5-9H2,2-3H3. The van der Waals surface area contributed by atoms with E-state index >= 15 is 0 Å². The van der Waals surface area contributed by atoms with E-state index in [9.17, 15) is 0 Å². The number of rotatable bonds is 6. The average molecular weight is 171 g/mol. The van der Waals surface area contributed by atoms with Gasteiger partial charge in [-0.25, -0.2) is 0 Å². The Morgan fingerprint density at radius 1 is 1.36 bits per heavy atom. The lowest BCUT2D eigenvalue weighted by atomic mass is 10.4. The fourth-order valence-corrected chi connectivity index (χ4v) is 1.67. The van der Waals surface area contributed by atoms with Crippen molar-refractivity contribution in [1.29, 1.82) is 0 Å². The van der Waals surface area contributed by atoms with Crippen molar-refractivity contribution in [1.82, 2.24) is 4.90 Å². The largest absolute Gasteiger partial charge is 0.309 e. The number of unbranched alkanes of at least 4 members (excludes halogenated alkanes) is 1. The van der Waals surface area contributed by atoms with Crippen LogP contribution in [0.3, 0.4) is 0 Å². The van der Waals surface area contributed by atoms with E-state index in [1.54, 1.807) is 0 Å². The molecule has 0 aliphatic rings. The molecule has 0 amide bonds. The molecule has 0 saturated heterocycles. The van der Waals surface area contributed by atoms with Crippen LogP contribution in [0.2, 0.25) is 0 Å². The summed E-state index contributed by atoms with van der Waals surface area (Å²) in [4.78, 5) is 2.20. The predicted molar refractivity (Wildman–Crippen MR) is 53.9 cm³/mol. The third kappa shape index (κ3) is 9.87. The monoisotopic (exact) mass is 171 g/mol. The molecule has 0 aliphatic carbocycles. The van der Waals surface area contributed by atoms with Crippen molar-refractivity contribution in [2.45, 2.75) is 12.8 Å². The quantitative estimate of drug-likeness (QED) is 0.442. The Labute approximate surface area is 74.5 Å². The second-order valence-corrected chi connectivity index (χ2v) is 3.95. The summed E-state index contributed by atoms with van der Waals surface area (Å²) in [5, 5.41) is 0. The highest BCUT2D eigenvalue weighted by molar-refractivity contribution is 7.99. The Kier molecular flexibility index (Phi) is 7.88. The summed E-state index contributed by atoms with van der Waals surface area (Å²) >= 11 is 1.98. The fourth-order valence-electron chi connectivity index (χ4n) is 0.625. The van der Waals surface area contributed by atoms with E-state index in [2.05, 4.69) is 24.9 Å². The van der Waals surface area contributed by atoms with Crippen LogP contribution in [0.15, 0.2) is 0 Å². The van der Waals surface area contributed by atoms with Gasteiger partial charge in [0.05, 0.1) is 0 Å². The molecule has 0 heterocycles. The number of hydrogen-bond donors (Lipinski definition) is 0. The van der Waals surface area contributed by atoms with Crippen molar-refractivity contribution >= 4 is 11.8 Å². The van der Waals surface area contributed by atoms with Crippen molar-refractivity contribution in [2.75, 3.05) is 32.1 Å². The van der Waals surface area contributed by atoms with Gasteiger partial charge in [-0.15, -0.1) is 12.3 Å². The van der Waals surface area contributed by atoms with Crippen molar-refractivity contribution in [2.24, 2.45) is 0 Å². The second kappa shape index (κ2) is 7.97. The van der Waals surface area contributed by atoms with Crippen LogP contribution in [0.25, 0.3) is 0 Å². The first kappa shape index (κ1) is 10.9. The van der Waals surface area contributed by atoms with Gasteiger partial charge < -0.3 is 4.90 Å². The maximum Gasteiger partial charge on any atom is 0.00939 e. The van der Waals surface area contributed by atoms with Gasteiger partial charge >= 0.3 is 0 Å². The molecular formula is C9H17NS. The Morgan fingerprint density at radius 2 is 2.09 bits per heavy atom. The number of hydrogen-bond acceptors (Lipinski definition) is 2. The number of terminal acetylenes is 1. The van der Waals surface area contributed by atoms with Crippen molar-refractivity contribution in [3.05, 3.63) is 0 Å². The third-order valence-electron chi connectivity index (χ3n) is 1.29. The van der Waals surface area contributed by atoms with Gasteiger partial charge in [-0.3, -0.25) is 0 Å². The zero-order chi connectivity index (χ0) is 8.53. The lowest BCUT2D eigenvalue weighted by molar-refractivity contribution is 0.437. The Balaban J connectivity index is 2.86. The van der Waals surface area contributed by atoms with Gasteiger partial charge in [-0.1, -0.05) is 0 Å². The van der Waals surface area contributed by atoms with Gasteiger partial charge in [-0.2, -0.15) is 11.8 Å². The zero-order valence-electron chi connectivity index (χ0n) is 7.47. The Morgan fingerprint density at radius 3 is 2.64 bits per heavy atom. The van der Waals surface area contributed by atoms with Gasteiger partial charge in [0.15, 0.2) is 0 Å². The summed E-state index contributed by atoms with van der Waals surface area (Å²) < 4.78 is 0. The molecule has 0 aliphatic heterocycles. The summed E-state index contributed by atoms with van der Waals surface area (Å²) in [7, 11) is 4.20. The van der Waals surface area contributed by atoms with E-state index in [1.807, 2.05) is 11.8 Å². The first-order valence-electron chi connectivity index (χ1n) is 3.93. The maximum atomic E-state index is 5.12. The molecule has 0 spiro atoms. The van der Waals surface area contributed by atoms with E-state index in [0.29, 0.717) is 0 Å². The minimum absolute atomic E-state index is 0.926. The molecule has 0 N–H and O–H groups in total. The molecule has 0 atom stereocenters. The zero-order valence-corrected chi connectivity index (χ0v) is 8.28. The van der Waals surface area contributed by atoms with Crippen molar-refractivity contribution in [3.63, 3.8) is 0 Å². The summed E-state index contributed by atoms with van der Waals surface area (Å²) in [5.74, 6) is 5.07. The average Bonchev–Trinajstić information content (AvgIpc) is 1.96. The van der Waals surface area contributed by atoms with Crippen LogP contribution in [0.5, 0.6) is 0 Å². The predicted octanol–water partition coefficient (Wildman–Crippen LogP) is 1.69. The lowest BCUT2D eigenvalue weighted by Gasteiger charge is -2.07. The van der Waals surface area contributed by atoms with E-state index in [-0.39, 0.29) is 0 Å². The van der Waals surface area contributed by atoms with Crippen LogP contribution in [0, 0.1) is 12.3 Å². The molecule has 0 unspecified atom stereocenters. The molecule has 0 rings (SSSR count). The summed E-state index contributed by atoms with van der Waals surface area (Å²) in [6.07, 6.45) is 7.21. The van der Waals surface area contributed by atoms with E-state index in [4.69, 9.17) is 6.42 Å². The van der Waals surface area contributed by atoms with Crippen LogP contribution in [-0.2, 0) is 0 Å². The molecule has 0 aromatic carbocycles. The summed E-state index contributed by atoms with van der Waals surface area (Å²) in [6.45, 7) is 1.17. The minimum atomic E-state index is 0.926. The molecule has 2 heteroatoms. The van der Waals surface area contributed by atoms with Gasteiger partial charge in [0.25, 0.3) is 0 Å². The fraction of sp³-hybridized carbons (Fsp3) is 0.778. The smallest absolute Gasteiger partial charge is 0.00939 e. The van der Waals surface area contributed by atoms with Crippen LogP contribution < -0.4 is 0 Å². The molecule has 0 fully saturated rings.